The molecule has 1 aliphatic heterocycles. The Bertz CT molecular complexity index is 963. The molecule has 1 amide bonds. The number of nitrogens with two attached hydrogens (primary N) is 4. The van der Waals surface area contributed by atoms with Gasteiger partial charge in [-0.2, -0.15) is 0 Å². The summed E-state index contributed by atoms with van der Waals surface area (Å²) in [4.78, 5) is 23.3. The maximum absolute atomic E-state index is 11.2. The number of primary amides is 1. The van der Waals surface area contributed by atoms with Crippen LogP contribution < -0.4 is 22.9 Å². The molecular formula is C17H25N8O4Se+. The van der Waals surface area contributed by atoms with Crippen LogP contribution in [0.15, 0.2) is 6.33 Å². The zero-order valence-electron chi connectivity index (χ0n) is 16.1. The average Bonchev–Trinajstić information content (AvgIpc) is 3.22. The zero-order valence-corrected chi connectivity index (χ0v) is 17.8. The summed E-state index contributed by atoms with van der Waals surface area (Å²) in [5.74, 6) is 2.13. The van der Waals surface area contributed by atoms with Crippen molar-refractivity contribution in [2.45, 2.75) is 53.0 Å². The number of aliphatic hydroxyl groups is 2. The second-order valence-corrected chi connectivity index (χ2v) is 11.7. The van der Waals surface area contributed by atoms with Gasteiger partial charge in [0.05, 0.1) is 0 Å². The molecule has 1 saturated heterocycles. The Hall–Kier alpha value is -2.46. The molecule has 1 aliphatic rings. The number of aromatic nitrogens is 4. The van der Waals surface area contributed by atoms with Gasteiger partial charge in [0.25, 0.3) is 0 Å². The van der Waals surface area contributed by atoms with E-state index in [-0.39, 0.29) is 11.8 Å². The number of rotatable bonds is 8. The van der Waals surface area contributed by atoms with Crippen LogP contribution in [0, 0.1) is 12.3 Å². The van der Waals surface area contributed by atoms with Crippen molar-refractivity contribution in [3.63, 3.8) is 0 Å². The third-order valence-electron chi connectivity index (χ3n) is 4.85. The Morgan fingerprint density at radius 3 is 2.77 bits per heavy atom. The van der Waals surface area contributed by atoms with E-state index in [2.05, 4.69) is 20.9 Å². The van der Waals surface area contributed by atoms with E-state index < -0.39 is 50.4 Å². The van der Waals surface area contributed by atoms with Gasteiger partial charge in [-0.1, -0.05) is 0 Å². The number of terminal acetylenes is 1. The summed E-state index contributed by atoms with van der Waals surface area (Å²) in [6.45, 7) is 0. The predicted octanol–water partition coefficient (Wildman–Crippen LogP) is -2.06. The van der Waals surface area contributed by atoms with Crippen LogP contribution in [0.25, 0.3) is 11.2 Å². The Kier molecular flexibility index (Phi) is 6.77. The van der Waals surface area contributed by atoms with E-state index >= 15 is 0 Å². The van der Waals surface area contributed by atoms with E-state index in [1.807, 2.05) is 0 Å². The Morgan fingerprint density at radius 1 is 1.37 bits per heavy atom. The van der Waals surface area contributed by atoms with Gasteiger partial charge in [-0.25, -0.2) is 0 Å². The third-order valence-corrected chi connectivity index (χ3v) is 9.44. The van der Waals surface area contributed by atoms with Crippen molar-refractivity contribution in [1.82, 2.24) is 19.5 Å². The first-order valence-electron chi connectivity index (χ1n) is 9.12. The molecule has 30 heavy (non-hydrogen) atoms. The molecule has 12 nitrogen and oxygen atoms in total. The summed E-state index contributed by atoms with van der Waals surface area (Å²) in [6.07, 6.45) is 3.35. The number of aliphatic hydroxyl groups excluding tert-OH is 2. The van der Waals surface area contributed by atoms with Crippen LogP contribution in [0.1, 0.15) is 12.6 Å². The summed E-state index contributed by atoms with van der Waals surface area (Å²) in [5, 5.41) is 22.8. The second-order valence-electron chi connectivity index (χ2n) is 6.97. The van der Waals surface area contributed by atoms with E-state index in [0.717, 1.165) is 0 Å². The molecule has 0 spiro atoms. The summed E-state index contributed by atoms with van der Waals surface area (Å²) in [6, 6.07) is -0.741. The summed E-state index contributed by atoms with van der Waals surface area (Å²) in [7, 11) is 0. The molecule has 162 valence electrons. The van der Waals surface area contributed by atoms with Gasteiger partial charge in [-0.05, 0) is 0 Å². The second kappa shape index (κ2) is 9.13. The topological polar surface area (TPSA) is 214 Å². The number of nitrogens with zero attached hydrogens (tertiary/aromatic N) is 4. The van der Waals surface area contributed by atoms with Crippen LogP contribution in [0.2, 0.25) is 16.0 Å². The fraction of sp³-hybridized carbons (Fsp3) is 0.529. The van der Waals surface area contributed by atoms with Crippen LogP contribution >= 0.6 is 0 Å². The van der Waals surface area contributed by atoms with Gasteiger partial charge in [0.2, 0.25) is 0 Å². The molecule has 3 rings (SSSR count). The molecule has 2 aromatic heterocycles. The number of carbonyl (C=O) groups is 1. The fourth-order valence-corrected chi connectivity index (χ4v) is 7.42. The van der Waals surface area contributed by atoms with Crippen LogP contribution in [0.5, 0.6) is 0 Å². The summed E-state index contributed by atoms with van der Waals surface area (Å²) >= 11 is -1.48. The number of hydrogen-bond acceptors (Lipinski definition) is 10. The van der Waals surface area contributed by atoms with Crippen molar-refractivity contribution in [3.05, 3.63) is 6.33 Å². The van der Waals surface area contributed by atoms with E-state index in [0.29, 0.717) is 33.5 Å². The van der Waals surface area contributed by atoms with Crippen LogP contribution in [-0.2, 0) is 9.53 Å². The Balaban J connectivity index is 1.76. The summed E-state index contributed by atoms with van der Waals surface area (Å²) in [5.41, 5.74) is 23.0. The molecule has 1 fully saturated rings. The van der Waals surface area contributed by atoms with Gasteiger partial charge in [0.15, 0.2) is 0 Å². The van der Waals surface area contributed by atoms with Gasteiger partial charge in [0, 0.05) is 0 Å². The molecule has 6 atom stereocenters. The normalized spacial score (nSPS) is 25.8. The van der Waals surface area contributed by atoms with Gasteiger partial charge >= 0.3 is 177 Å². The number of anilines is 2. The first-order chi connectivity index (χ1) is 14.2. The number of carbonyl (C=O) groups excluding carboxylic acids is 1. The quantitative estimate of drug-likeness (QED) is 0.178. The summed E-state index contributed by atoms with van der Waals surface area (Å²) < 4.78 is 7.44. The van der Waals surface area contributed by atoms with Crippen molar-refractivity contribution in [2.24, 2.45) is 11.5 Å². The first-order valence-corrected chi connectivity index (χ1v) is 12.8. The van der Waals surface area contributed by atoms with Crippen molar-refractivity contribution >= 4 is 42.7 Å². The molecule has 0 aromatic carbocycles. The van der Waals surface area contributed by atoms with Crippen molar-refractivity contribution in [3.8, 4) is 12.3 Å². The Morgan fingerprint density at radius 2 is 2.10 bits per heavy atom. The van der Waals surface area contributed by atoms with Gasteiger partial charge in [0.1, 0.15) is 0 Å². The maximum atomic E-state index is 11.2. The van der Waals surface area contributed by atoms with E-state index in [1.165, 1.54) is 10.9 Å². The molecular weight excluding hydrogens is 459 g/mol. The van der Waals surface area contributed by atoms with E-state index in [1.54, 1.807) is 0 Å². The van der Waals surface area contributed by atoms with Crippen LogP contribution in [0.4, 0.5) is 11.8 Å². The minimum atomic E-state index is -1.48. The predicted molar refractivity (Wildman–Crippen MR) is 111 cm³/mol. The minimum absolute atomic E-state index is 0.0436. The monoisotopic (exact) mass is 485 g/mol. The van der Waals surface area contributed by atoms with Gasteiger partial charge in [-0.3, -0.25) is 0 Å². The number of ether oxygens (including phenoxy) is 1. The number of amides is 1. The zero-order chi connectivity index (χ0) is 22.0. The van der Waals surface area contributed by atoms with Crippen LogP contribution in [-0.4, -0.2) is 73.9 Å². The molecule has 10 N–H and O–H groups in total. The molecule has 0 saturated carbocycles. The van der Waals surface area contributed by atoms with Gasteiger partial charge in [-0.15, -0.1) is 0 Å². The number of fused-ring (bicyclic) bond motifs is 1. The molecule has 2 aromatic rings. The fourth-order valence-electron chi connectivity index (χ4n) is 3.24. The number of nitrogen functional groups attached to an aromatic ring is 2. The molecule has 0 aliphatic carbocycles. The average molecular weight is 484 g/mol. The molecule has 3 heterocycles. The molecule has 13 heteroatoms. The SMILES string of the molecule is C#CC[Se+](CCC(N)C(N)=O)C[C@H]1O[C@@H](n2cnc3c(N)nc(N)nc32)[C@H](O)[C@@H]1O. The van der Waals surface area contributed by atoms with E-state index in [9.17, 15) is 15.0 Å². The standard InChI is InChI=1S/C17H24N8O4Se/c1-2-4-30(5-3-8(18)14(20)28)6-9-11(26)12(27)16(29-9)25-7-22-10-13(19)23-17(21)24-15(10)25/h1,7-9,11-12,16,26-27H,3-6,18H2,(H5-,19,20,21,23,24,28)/p+1/t8?,9-,11-,12-,16-,30?/m1/s1. The molecule has 0 radical (unpaired) electrons. The van der Waals surface area contributed by atoms with Crippen molar-refractivity contribution in [2.75, 3.05) is 11.5 Å². The van der Waals surface area contributed by atoms with Crippen molar-refractivity contribution in [1.29, 1.82) is 0 Å². The third kappa shape index (κ3) is 4.49. The molecule has 0 bridgehead atoms. The number of hydrogen-bond donors (Lipinski definition) is 6. The van der Waals surface area contributed by atoms with Crippen molar-refractivity contribution < 1.29 is 19.7 Å². The Labute approximate surface area is 176 Å². The van der Waals surface area contributed by atoms with Crippen LogP contribution in [0.3, 0.4) is 0 Å². The van der Waals surface area contributed by atoms with Gasteiger partial charge < -0.3 is 0 Å². The molecule has 2 unspecified atom stereocenters. The van der Waals surface area contributed by atoms with E-state index in [4.69, 9.17) is 34.1 Å². The first kappa shape index (κ1) is 22.2. The number of imidazole rings is 1.